The molecular formula is C7H8NO2. The Kier molecular flexibility index (Phi) is 1.85. The molecule has 3 heteroatoms. The first-order valence-electron chi connectivity index (χ1n) is 3.13. The average molecular weight is 138 g/mol. The average Bonchev–Trinajstić information content (AvgIpc) is 1.88. The van der Waals surface area contributed by atoms with E-state index in [0.29, 0.717) is 12.3 Å². The molecule has 1 rings (SSSR count). The Morgan fingerprint density at radius 2 is 2.60 bits per heavy atom. The maximum absolute atomic E-state index is 10.1. The summed E-state index contributed by atoms with van der Waals surface area (Å²) in [6.07, 6.45) is 6.69. The zero-order valence-corrected chi connectivity index (χ0v) is 5.70. The minimum Gasteiger partial charge on any atom is -0.258 e. The van der Waals surface area contributed by atoms with Gasteiger partial charge in [0.15, 0.2) is 0 Å². The van der Waals surface area contributed by atoms with E-state index in [1.807, 2.05) is 13.0 Å². The van der Waals surface area contributed by atoms with E-state index in [0.717, 1.165) is 0 Å². The molecule has 0 amide bonds. The third kappa shape index (κ3) is 1.43. The van der Waals surface area contributed by atoms with Crippen molar-refractivity contribution in [3.8, 4) is 0 Å². The first-order valence-corrected chi connectivity index (χ1v) is 3.13. The summed E-state index contributed by atoms with van der Waals surface area (Å²) < 4.78 is 0. The fourth-order valence-corrected chi connectivity index (χ4v) is 0.773. The van der Waals surface area contributed by atoms with Gasteiger partial charge in [0.25, 0.3) is 5.70 Å². The minimum absolute atomic E-state index is 0.0955. The third-order valence-corrected chi connectivity index (χ3v) is 1.38. The SMILES string of the molecule is CC1C=CC([N+](=O)[O-])=[C]C1. The summed E-state index contributed by atoms with van der Waals surface area (Å²) in [7, 11) is 0. The molecule has 0 aromatic carbocycles. The highest BCUT2D eigenvalue weighted by Crippen LogP contribution is 2.14. The lowest BCUT2D eigenvalue weighted by Gasteiger charge is -2.04. The Hall–Kier alpha value is -1.12. The number of hydrogen-bond donors (Lipinski definition) is 0. The standard InChI is InChI=1S/C7H8NO2/c1-6-2-4-7(5-3-6)8(9)10/h2,4,6H,3H2,1H3. The molecule has 0 spiro atoms. The van der Waals surface area contributed by atoms with Crippen LogP contribution in [0, 0.1) is 22.1 Å². The molecule has 0 saturated carbocycles. The van der Waals surface area contributed by atoms with Crippen molar-refractivity contribution in [1.29, 1.82) is 0 Å². The van der Waals surface area contributed by atoms with Crippen LogP contribution < -0.4 is 0 Å². The third-order valence-electron chi connectivity index (χ3n) is 1.38. The molecule has 1 atom stereocenters. The van der Waals surface area contributed by atoms with Gasteiger partial charge in [-0.3, -0.25) is 10.1 Å². The Morgan fingerprint density at radius 3 is 3.00 bits per heavy atom. The van der Waals surface area contributed by atoms with Crippen LogP contribution in [0.3, 0.4) is 0 Å². The van der Waals surface area contributed by atoms with Crippen LogP contribution in [-0.4, -0.2) is 4.92 Å². The van der Waals surface area contributed by atoms with Crippen molar-refractivity contribution in [3.05, 3.63) is 34.0 Å². The first-order chi connectivity index (χ1) is 4.70. The van der Waals surface area contributed by atoms with E-state index in [1.54, 1.807) is 0 Å². The molecule has 0 aromatic rings. The van der Waals surface area contributed by atoms with Gasteiger partial charge in [-0.05, 0) is 12.3 Å². The quantitative estimate of drug-likeness (QED) is 0.407. The fraction of sp³-hybridized carbons (Fsp3) is 0.429. The van der Waals surface area contributed by atoms with E-state index in [9.17, 15) is 10.1 Å². The Balaban J connectivity index is 2.67. The molecule has 53 valence electrons. The second-order valence-corrected chi connectivity index (χ2v) is 2.36. The largest absolute Gasteiger partial charge is 0.272 e. The van der Waals surface area contributed by atoms with Gasteiger partial charge in [0.1, 0.15) is 0 Å². The summed E-state index contributed by atoms with van der Waals surface area (Å²) in [6, 6.07) is 0. The van der Waals surface area contributed by atoms with E-state index in [4.69, 9.17) is 0 Å². The molecule has 0 N–H and O–H groups in total. The molecule has 0 bridgehead atoms. The lowest BCUT2D eigenvalue weighted by atomic mass is 10.0. The molecule has 0 aliphatic heterocycles. The zero-order chi connectivity index (χ0) is 7.56. The van der Waals surface area contributed by atoms with Gasteiger partial charge in [-0.15, -0.1) is 0 Å². The topological polar surface area (TPSA) is 43.1 Å². The summed E-state index contributed by atoms with van der Waals surface area (Å²) in [5.41, 5.74) is 0.0955. The highest BCUT2D eigenvalue weighted by Gasteiger charge is 2.11. The molecule has 3 nitrogen and oxygen atoms in total. The van der Waals surface area contributed by atoms with E-state index < -0.39 is 4.92 Å². The van der Waals surface area contributed by atoms with Crippen molar-refractivity contribution >= 4 is 0 Å². The van der Waals surface area contributed by atoms with Crippen LogP contribution in [0.5, 0.6) is 0 Å². The maximum atomic E-state index is 10.1. The molecular weight excluding hydrogens is 130 g/mol. The van der Waals surface area contributed by atoms with E-state index in [1.165, 1.54) is 6.08 Å². The Bertz CT molecular complexity index is 206. The van der Waals surface area contributed by atoms with Crippen molar-refractivity contribution in [3.63, 3.8) is 0 Å². The van der Waals surface area contributed by atoms with Crippen LogP contribution in [0.1, 0.15) is 13.3 Å². The lowest BCUT2D eigenvalue weighted by Crippen LogP contribution is -2.02. The molecule has 1 aliphatic rings. The molecule has 1 aliphatic carbocycles. The van der Waals surface area contributed by atoms with Gasteiger partial charge in [-0.25, -0.2) is 0 Å². The highest BCUT2D eigenvalue weighted by molar-refractivity contribution is 5.13. The van der Waals surface area contributed by atoms with Crippen LogP contribution in [0.25, 0.3) is 0 Å². The molecule has 0 heterocycles. The fourth-order valence-electron chi connectivity index (χ4n) is 0.773. The summed E-state index contributed by atoms with van der Waals surface area (Å²) >= 11 is 0. The van der Waals surface area contributed by atoms with Gasteiger partial charge in [0.05, 0.1) is 4.92 Å². The molecule has 1 radical (unpaired) electrons. The van der Waals surface area contributed by atoms with Crippen molar-refractivity contribution < 1.29 is 4.92 Å². The van der Waals surface area contributed by atoms with Gasteiger partial charge < -0.3 is 0 Å². The summed E-state index contributed by atoms with van der Waals surface area (Å²) in [4.78, 5) is 9.70. The molecule has 0 aromatic heterocycles. The van der Waals surface area contributed by atoms with Crippen LogP contribution in [0.2, 0.25) is 0 Å². The predicted molar refractivity (Wildman–Crippen MR) is 36.7 cm³/mol. The number of hydrogen-bond acceptors (Lipinski definition) is 2. The number of rotatable bonds is 1. The number of nitrogens with zero attached hydrogens (tertiary/aromatic N) is 1. The minimum atomic E-state index is -0.414. The normalized spacial score (nSPS) is 24.1. The first kappa shape index (κ1) is 6.99. The lowest BCUT2D eigenvalue weighted by molar-refractivity contribution is -0.420. The van der Waals surface area contributed by atoms with Crippen LogP contribution in [0.4, 0.5) is 0 Å². The Morgan fingerprint density at radius 1 is 1.90 bits per heavy atom. The zero-order valence-electron chi connectivity index (χ0n) is 5.70. The molecule has 0 fully saturated rings. The van der Waals surface area contributed by atoms with Gasteiger partial charge in [0, 0.05) is 12.2 Å². The van der Waals surface area contributed by atoms with Crippen molar-refractivity contribution in [2.45, 2.75) is 13.3 Å². The Labute approximate surface area is 59.2 Å². The molecule has 10 heavy (non-hydrogen) atoms. The number of allylic oxidation sites excluding steroid dienone is 3. The smallest absolute Gasteiger partial charge is 0.258 e. The van der Waals surface area contributed by atoms with E-state index in [2.05, 4.69) is 6.08 Å². The second-order valence-electron chi connectivity index (χ2n) is 2.36. The van der Waals surface area contributed by atoms with Crippen molar-refractivity contribution in [1.82, 2.24) is 0 Å². The van der Waals surface area contributed by atoms with E-state index >= 15 is 0 Å². The summed E-state index contributed by atoms with van der Waals surface area (Å²) in [5, 5.41) is 10.1. The summed E-state index contributed by atoms with van der Waals surface area (Å²) in [6.45, 7) is 2.00. The molecule has 1 unspecified atom stereocenters. The predicted octanol–water partition coefficient (Wildman–Crippen LogP) is 1.55. The second kappa shape index (κ2) is 2.64. The maximum Gasteiger partial charge on any atom is 0.272 e. The number of nitro groups is 1. The van der Waals surface area contributed by atoms with Crippen molar-refractivity contribution in [2.75, 3.05) is 0 Å². The van der Waals surface area contributed by atoms with Crippen LogP contribution in [0.15, 0.2) is 17.8 Å². The van der Waals surface area contributed by atoms with E-state index in [-0.39, 0.29) is 5.70 Å². The van der Waals surface area contributed by atoms with Gasteiger partial charge in [0.2, 0.25) is 0 Å². The van der Waals surface area contributed by atoms with Crippen molar-refractivity contribution in [2.24, 2.45) is 5.92 Å². The monoisotopic (exact) mass is 138 g/mol. The van der Waals surface area contributed by atoms with Gasteiger partial charge in [-0.2, -0.15) is 0 Å². The highest BCUT2D eigenvalue weighted by atomic mass is 16.6. The van der Waals surface area contributed by atoms with Gasteiger partial charge >= 0.3 is 0 Å². The molecule has 0 saturated heterocycles. The summed E-state index contributed by atoms with van der Waals surface area (Å²) in [5.74, 6) is 0.392. The van der Waals surface area contributed by atoms with Gasteiger partial charge in [-0.1, -0.05) is 13.0 Å². The van der Waals surface area contributed by atoms with Crippen LogP contribution in [-0.2, 0) is 0 Å². The van der Waals surface area contributed by atoms with Crippen LogP contribution >= 0.6 is 0 Å².